The van der Waals surface area contributed by atoms with E-state index < -0.39 is 0 Å². The van der Waals surface area contributed by atoms with Gasteiger partial charge >= 0.3 is 0 Å². The smallest absolute Gasteiger partial charge is 0.271 e. The molecule has 2 aromatic heterocycles. The van der Waals surface area contributed by atoms with Crippen molar-refractivity contribution in [2.24, 2.45) is 0 Å². The second-order valence-corrected chi connectivity index (χ2v) is 7.45. The number of H-pyrrole nitrogens is 1. The Balaban J connectivity index is 1.41. The number of rotatable bonds is 6. The predicted octanol–water partition coefficient (Wildman–Crippen LogP) is 2.92. The Morgan fingerprint density at radius 3 is 2.96 bits per heavy atom. The van der Waals surface area contributed by atoms with Gasteiger partial charge in [-0.05, 0) is 56.3 Å². The molecule has 6 heteroatoms. The number of hydrogen-bond acceptors (Lipinski definition) is 4. The molecule has 122 valence electrons. The van der Waals surface area contributed by atoms with Crippen molar-refractivity contribution in [2.45, 2.75) is 37.6 Å². The van der Waals surface area contributed by atoms with Gasteiger partial charge in [-0.3, -0.25) is 14.8 Å². The van der Waals surface area contributed by atoms with Crippen LogP contribution in [0.2, 0.25) is 0 Å². The Morgan fingerprint density at radius 2 is 2.26 bits per heavy atom. The van der Waals surface area contributed by atoms with Gasteiger partial charge in [-0.15, -0.1) is 11.3 Å². The SMILES string of the molecule is O=C(NCC(c1cccs1)N1CCCC1)c1cc(C2CC2)[nH]n1. The lowest BCUT2D eigenvalue weighted by atomic mass is 10.2. The molecule has 5 nitrogen and oxygen atoms in total. The first-order chi connectivity index (χ1) is 11.3. The zero-order valence-corrected chi connectivity index (χ0v) is 13.9. The zero-order valence-electron chi connectivity index (χ0n) is 13.1. The molecule has 4 rings (SSSR count). The van der Waals surface area contributed by atoms with Crippen molar-refractivity contribution >= 4 is 17.2 Å². The van der Waals surface area contributed by atoms with Crippen LogP contribution in [0.1, 0.15) is 58.7 Å². The molecule has 1 saturated carbocycles. The Hall–Kier alpha value is -1.66. The Bertz CT molecular complexity index is 656. The topological polar surface area (TPSA) is 61.0 Å². The van der Waals surface area contributed by atoms with Gasteiger partial charge in [0, 0.05) is 23.0 Å². The minimum absolute atomic E-state index is 0.0751. The van der Waals surface area contributed by atoms with E-state index in [1.807, 2.05) is 6.07 Å². The van der Waals surface area contributed by atoms with E-state index in [-0.39, 0.29) is 11.9 Å². The molecule has 0 radical (unpaired) electrons. The number of thiophene rings is 1. The van der Waals surface area contributed by atoms with E-state index in [9.17, 15) is 4.79 Å². The number of likely N-dealkylation sites (tertiary alicyclic amines) is 1. The van der Waals surface area contributed by atoms with Crippen molar-refractivity contribution in [3.8, 4) is 0 Å². The number of nitrogens with zero attached hydrogens (tertiary/aromatic N) is 2. The molecule has 1 unspecified atom stereocenters. The summed E-state index contributed by atoms with van der Waals surface area (Å²) in [7, 11) is 0. The third kappa shape index (κ3) is 3.33. The molecular formula is C17H22N4OS. The molecule has 0 spiro atoms. The number of carbonyl (C=O) groups is 1. The van der Waals surface area contributed by atoms with Gasteiger partial charge in [0.1, 0.15) is 5.69 Å². The number of carbonyl (C=O) groups excluding carboxylic acids is 1. The van der Waals surface area contributed by atoms with Crippen molar-refractivity contribution in [3.63, 3.8) is 0 Å². The van der Waals surface area contributed by atoms with Crippen LogP contribution < -0.4 is 5.32 Å². The summed E-state index contributed by atoms with van der Waals surface area (Å²) in [4.78, 5) is 16.2. The molecule has 2 aromatic rings. The van der Waals surface area contributed by atoms with Crippen molar-refractivity contribution in [2.75, 3.05) is 19.6 Å². The molecule has 23 heavy (non-hydrogen) atoms. The standard InChI is InChI=1S/C17H22N4OS/c22-17(14-10-13(19-20-14)12-5-6-12)18-11-15(16-4-3-9-23-16)21-7-1-2-8-21/h3-4,9-10,12,15H,1-2,5-8,11H2,(H,18,22)(H,19,20). The van der Waals surface area contributed by atoms with Crippen LogP contribution >= 0.6 is 11.3 Å². The lowest BCUT2D eigenvalue weighted by molar-refractivity contribution is 0.0933. The lowest BCUT2D eigenvalue weighted by Gasteiger charge is -2.26. The fourth-order valence-electron chi connectivity index (χ4n) is 3.28. The summed E-state index contributed by atoms with van der Waals surface area (Å²) in [5.74, 6) is 0.515. The quantitative estimate of drug-likeness (QED) is 0.856. The van der Waals surface area contributed by atoms with Gasteiger partial charge in [-0.1, -0.05) is 6.07 Å². The van der Waals surface area contributed by atoms with E-state index in [2.05, 4.69) is 37.9 Å². The normalized spacial score (nSPS) is 19.8. The Labute approximate surface area is 140 Å². The summed E-state index contributed by atoms with van der Waals surface area (Å²) < 4.78 is 0. The van der Waals surface area contributed by atoms with Gasteiger partial charge in [0.2, 0.25) is 0 Å². The van der Waals surface area contributed by atoms with Crippen LogP contribution in [0.4, 0.5) is 0 Å². The van der Waals surface area contributed by atoms with Gasteiger partial charge in [0.15, 0.2) is 0 Å². The van der Waals surface area contributed by atoms with Crippen molar-refractivity contribution in [3.05, 3.63) is 39.8 Å². The Morgan fingerprint density at radius 1 is 1.43 bits per heavy atom. The van der Waals surface area contributed by atoms with Crippen LogP contribution in [-0.4, -0.2) is 40.6 Å². The van der Waals surface area contributed by atoms with Crippen LogP contribution in [0.3, 0.4) is 0 Å². The second-order valence-electron chi connectivity index (χ2n) is 6.47. The molecule has 1 atom stereocenters. The third-order valence-corrected chi connectivity index (χ3v) is 5.73. The molecular weight excluding hydrogens is 308 g/mol. The van der Waals surface area contributed by atoms with E-state index in [0.29, 0.717) is 18.2 Å². The summed E-state index contributed by atoms with van der Waals surface area (Å²) in [6.07, 6.45) is 4.91. The average Bonchev–Trinajstić information content (AvgIpc) is 3.06. The largest absolute Gasteiger partial charge is 0.349 e. The average molecular weight is 330 g/mol. The van der Waals surface area contributed by atoms with Gasteiger partial charge in [0.05, 0.1) is 6.04 Å². The molecule has 1 aliphatic carbocycles. The van der Waals surface area contributed by atoms with E-state index >= 15 is 0 Å². The van der Waals surface area contributed by atoms with Crippen LogP contribution in [0.25, 0.3) is 0 Å². The maximum atomic E-state index is 12.4. The third-order valence-electron chi connectivity index (χ3n) is 4.76. The van der Waals surface area contributed by atoms with Crippen LogP contribution in [0.5, 0.6) is 0 Å². The summed E-state index contributed by atoms with van der Waals surface area (Å²) in [6, 6.07) is 6.44. The maximum Gasteiger partial charge on any atom is 0.271 e. The summed E-state index contributed by atoms with van der Waals surface area (Å²) in [5.41, 5.74) is 1.61. The number of nitrogens with one attached hydrogen (secondary N) is 2. The van der Waals surface area contributed by atoms with Crippen molar-refractivity contribution in [1.82, 2.24) is 20.4 Å². The van der Waals surface area contributed by atoms with Gasteiger partial charge in [-0.25, -0.2) is 0 Å². The predicted molar refractivity (Wildman–Crippen MR) is 90.8 cm³/mol. The molecule has 2 N–H and O–H groups in total. The monoisotopic (exact) mass is 330 g/mol. The van der Waals surface area contributed by atoms with E-state index in [1.54, 1.807) is 11.3 Å². The number of aromatic amines is 1. The van der Waals surface area contributed by atoms with Gasteiger partial charge < -0.3 is 5.32 Å². The molecule has 1 amide bonds. The maximum absolute atomic E-state index is 12.4. The second kappa shape index (κ2) is 6.45. The first kappa shape index (κ1) is 14.9. The number of hydrogen-bond donors (Lipinski definition) is 2. The van der Waals surface area contributed by atoms with Gasteiger partial charge in [0.25, 0.3) is 5.91 Å². The fraction of sp³-hybridized carbons (Fsp3) is 0.529. The van der Waals surface area contributed by atoms with E-state index in [4.69, 9.17) is 0 Å². The van der Waals surface area contributed by atoms with Crippen molar-refractivity contribution in [1.29, 1.82) is 0 Å². The molecule has 1 saturated heterocycles. The molecule has 0 bridgehead atoms. The molecule has 3 heterocycles. The first-order valence-corrected chi connectivity index (χ1v) is 9.30. The van der Waals surface area contributed by atoms with Crippen LogP contribution in [-0.2, 0) is 0 Å². The number of aromatic nitrogens is 2. The number of amides is 1. The van der Waals surface area contributed by atoms with Crippen LogP contribution in [0, 0.1) is 0 Å². The minimum Gasteiger partial charge on any atom is -0.349 e. The minimum atomic E-state index is -0.0751. The summed E-state index contributed by atoms with van der Waals surface area (Å²) in [5, 5.41) is 12.4. The molecule has 2 aliphatic rings. The van der Waals surface area contributed by atoms with Gasteiger partial charge in [-0.2, -0.15) is 5.10 Å². The van der Waals surface area contributed by atoms with E-state index in [0.717, 1.165) is 18.8 Å². The first-order valence-electron chi connectivity index (χ1n) is 8.42. The zero-order chi connectivity index (χ0) is 15.6. The molecule has 2 fully saturated rings. The molecule has 0 aromatic carbocycles. The van der Waals surface area contributed by atoms with Crippen molar-refractivity contribution < 1.29 is 4.79 Å². The summed E-state index contributed by atoms with van der Waals surface area (Å²) in [6.45, 7) is 2.88. The Kier molecular flexibility index (Phi) is 4.18. The molecule has 1 aliphatic heterocycles. The highest BCUT2D eigenvalue weighted by Gasteiger charge is 2.27. The van der Waals surface area contributed by atoms with Crippen LogP contribution in [0.15, 0.2) is 23.6 Å². The van der Waals surface area contributed by atoms with E-state index in [1.165, 1.54) is 30.6 Å². The highest BCUT2D eigenvalue weighted by molar-refractivity contribution is 7.10. The highest BCUT2D eigenvalue weighted by atomic mass is 32.1. The lowest BCUT2D eigenvalue weighted by Crippen LogP contribution is -2.36. The highest BCUT2D eigenvalue weighted by Crippen LogP contribution is 2.39. The summed E-state index contributed by atoms with van der Waals surface area (Å²) >= 11 is 1.77. The fourth-order valence-corrected chi connectivity index (χ4v) is 4.14.